The SMILES string of the molecule is CCCCC(C(=O)C=C[C@H]1CC[C@H]2OC(=O)C[C@H]12)C(F)(F)F. The summed E-state index contributed by atoms with van der Waals surface area (Å²) in [5, 5.41) is 0. The maximum absolute atomic E-state index is 12.9. The van der Waals surface area contributed by atoms with E-state index >= 15 is 0 Å². The minimum Gasteiger partial charge on any atom is -0.462 e. The Morgan fingerprint density at radius 2 is 2.14 bits per heavy atom. The Kier molecular flexibility index (Phi) is 5.29. The van der Waals surface area contributed by atoms with Crippen LogP contribution in [0.1, 0.15) is 45.4 Å². The number of carbonyl (C=O) groups is 2. The highest BCUT2D eigenvalue weighted by atomic mass is 19.4. The van der Waals surface area contributed by atoms with E-state index in [0.29, 0.717) is 19.3 Å². The zero-order chi connectivity index (χ0) is 16.3. The number of hydrogen-bond donors (Lipinski definition) is 0. The minimum atomic E-state index is -4.50. The average Bonchev–Trinajstić information content (AvgIpc) is 2.94. The molecule has 2 rings (SSSR count). The van der Waals surface area contributed by atoms with E-state index in [1.807, 2.05) is 0 Å². The van der Waals surface area contributed by atoms with E-state index < -0.39 is 17.9 Å². The fourth-order valence-electron chi connectivity index (χ4n) is 3.35. The van der Waals surface area contributed by atoms with Gasteiger partial charge in [0.05, 0.1) is 6.42 Å². The topological polar surface area (TPSA) is 43.4 Å². The number of unbranched alkanes of at least 4 members (excludes halogenated alkanes) is 1. The fourth-order valence-corrected chi connectivity index (χ4v) is 3.35. The van der Waals surface area contributed by atoms with Gasteiger partial charge in [0.2, 0.25) is 0 Å². The van der Waals surface area contributed by atoms with Crippen molar-refractivity contribution in [2.75, 3.05) is 0 Å². The lowest BCUT2D eigenvalue weighted by atomic mass is 9.91. The van der Waals surface area contributed by atoms with Gasteiger partial charge in [-0.2, -0.15) is 13.2 Å². The first kappa shape index (κ1) is 17.0. The molecule has 0 aromatic carbocycles. The molecular weight excluding hydrogens is 297 g/mol. The first-order valence-electron chi connectivity index (χ1n) is 7.81. The molecule has 1 aliphatic carbocycles. The summed E-state index contributed by atoms with van der Waals surface area (Å²) in [6.07, 6.45) is 0.597. The molecule has 0 aromatic heterocycles. The summed E-state index contributed by atoms with van der Waals surface area (Å²) in [6.45, 7) is 1.80. The number of rotatable bonds is 6. The van der Waals surface area contributed by atoms with Gasteiger partial charge in [0.25, 0.3) is 0 Å². The highest BCUT2D eigenvalue weighted by Crippen LogP contribution is 2.42. The maximum Gasteiger partial charge on any atom is 0.398 e. The van der Waals surface area contributed by atoms with Crippen LogP contribution in [0.3, 0.4) is 0 Å². The van der Waals surface area contributed by atoms with Crippen molar-refractivity contribution in [2.45, 2.75) is 57.7 Å². The number of ketones is 1. The second kappa shape index (κ2) is 6.84. The number of allylic oxidation sites excluding steroid dienone is 2. The molecule has 0 bridgehead atoms. The smallest absolute Gasteiger partial charge is 0.398 e. The van der Waals surface area contributed by atoms with E-state index in [4.69, 9.17) is 4.74 Å². The van der Waals surface area contributed by atoms with Gasteiger partial charge >= 0.3 is 12.1 Å². The normalized spacial score (nSPS) is 29.6. The van der Waals surface area contributed by atoms with Crippen molar-refractivity contribution >= 4 is 11.8 Å². The maximum atomic E-state index is 12.9. The lowest BCUT2D eigenvalue weighted by molar-refractivity contribution is -0.180. The fraction of sp³-hybridized carbons (Fsp3) is 0.750. The van der Waals surface area contributed by atoms with Crippen LogP contribution in [0.15, 0.2) is 12.2 Å². The average molecular weight is 318 g/mol. The van der Waals surface area contributed by atoms with Crippen LogP contribution in [0.4, 0.5) is 13.2 Å². The van der Waals surface area contributed by atoms with Gasteiger partial charge in [0.1, 0.15) is 12.0 Å². The molecule has 6 heteroatoms. The molecule has 0 amide bonds. The van der Waals surface area contributed by atoms with Crippen LogP contribution in [-0.4, -0.2) is 24.0 Å². The predicted octanol–water partition coefficient (Wildman–Crippen LogP) is 3.82. The molecule has 2 aliphatic rings. The van der Waals surface area contributed by atoms with E-state index in [1.165, 1.54) is 0 Å². The molecule has 124 valence electrons. The molecule has 1 unspecified atom stereocenters. The third-order valence-corrected chi connectivity index (χ3v) is 4.59. The predicted molar refractivity (Wildman–Crippen MR) is 73.9 cm³/mol. The molecule has 0 N–H and O–H groups in total. The molecule has 1 heterocycles. The molecule has 3 nitrogen and oxygen atoms in total. The summed E-state index contributed by atoms with van der Waals surface area (Å²) in [5.74, 6) is -3.08. The van der Waals surface area contributed by atoms with Gasteiger partial charge < -0.3 is 4.74 Å². The van der Waals surface area contributed by atoms with Crippen LogP contribution in [0.25, 0.3) is 0 Å². The molecule has 1 saturated carbocycles. The van der Waals surface area contributed by atoms with Crippen molar-refractivity contribution in [1.82, 2.24) is 0 Å². The number of esters is 1. The Labute approximate surface area is 127 Å². The lowest BCUT2D eigenvalue weighted by Gasteiger charge is -2.17. The Balaban J connectivity index is 1.98. The first-order valence-corrected chi connectivity index (χ1v) is 7.81. The monoisotopic (exact) mass is 318 g/mol. The third-order valence-electron chi connectivity index (χ3n) is 4.59. The molecule has 0 spiro atoms. The molecule has 22 heavy (non-hydrogen) atoms. The first-order chi connectivity index (χ1) is 10.3. The molecule has 4 atom stereocenters. The quantitative estimate of drug-likeness (QED) is 0.552. The van der Waals surface area contributed by atoms with Crippen LogP contribution in [0, 0.1) is 17.8 Å². The van der Waals surface area contributed by atoms with Crippen LogP contribution < -0.4 is 0 Å². The van der Waals surface area contributed by atoms with Gasteiger partial charge in [0, 0.05) is 5.92 Å². The van der Waals surface area contributed by atoms with Crippen LogP contribution in [0.2, 0.25) is 0 Å². The lowest BCUT2D eigenvalue weighted by Crippen LogP contribution is -2.29. The number of halogens is 3. The van der Waals surface area contributed by atoms with Crippen molar-refractivity contribution in [1.29, 1.82) is 0 Å². The van der Waals surface area contributed by atoms with Gasteiger partial charge in [-0.3, -0.25) is 9.59 Å². The van der Waals surface area contributed by atoms with Crippen LogP contribution in [-0.2, 0) is 14.3 Å². The van der Waals surface area contributed by atoms with E-state index in [-0.39, 0.29) is 30.3 Å². The van der Waals surface area contributed by atoms with Crippen molar-refractivity contribution in [2.24, 2.45) is 17.8 Å². The number of ether oxygens (including phenoxy) is 1. The third kappa shape index (κ3) is 3.90. The van der Waals surface area contributed by atoms with E-state index in [0.717, 1.165) is 18.9 Å². The van der Waals surface area contributed by atoms with Crippen molar-refractivity contribution in [3.05, 3.63) is 12.2 Å². The molecule has 1 saturated heterocycles. The Morgan fingerprint density at radius 3 is 2.77 bits per heavy atom. The van der Waals surface area contributed by atoms with Gasteiger partial charge in [-0.1, -0.05) is 25.8 Å². The number of alkyl halides is 3. The Hall–Kier alpha value is -1.33. The van der Waals surface area contributed by atoms with Gasteiger partial charge in [-0.05, 0) is 31.3 Å². The Morgan fingerprint density at radius 1 is 1.41 bits per heavy atom. The standard InChI is InChI=1S/C16H21F3O3/c1-2-3-4-12(16(17,18)19)13(20)7-5-10-6-8-14-11(10)9-15(21)22-14/h5,7,10-12,14H,2-4,6,8-9H2,1H3/t10-,11+,12?,14+/m0/s1. The highest BCUT2D eigenvalue weighted by molar-refractivity contribution is 5.92. The second-order valence-electron chi connectivity index (χ2n) is 6.14. The van der Waals surface area contributed by atoms with Crippen molar-refractivity contribution in [3.63, 3.8) is 0 Å². The summed E-state index contributed by atoms with van der Waals surface area (Å²) >= 11 is 0. The number of fused-ring (bicyclic) bond motifs is 1. The molecular formula is C16H21F3O3. The van der Waals surface area contributed by atoms with Gasteiger partial charge in [0.15, 0.2) is 5.78 Å². The summed E-state index contributed by atoms with van der Waals surface area (Å²) < 4.78 is 44.0. The Bertz CT molecular complexity index is 456. The van der Waals surface area contributed by atoms with Crippen molar-refractivity contribution in [3.8, 4) is 0 Å². The highest BCUT2D eigenvalue weighted by Gasteiger charge is 2.45. The van der Waals surface area contributed by atoms with Crippen LogP contribution in [0.5, 0.6) is 0 Å². The summed E-state index contributed by atoms with van der Waals surface area (Å²) in [4.78, 5) is 23.1. The zero-order valence-corrected chi connectivity index (χ0v) is 12.6. The molecule has 0 radical (unpaired) electrons. The second-order valence-corrected chi connectivity index (χ2v) is 6.14. The van der Waals surface area contributed by atoms with Crippen LogP contribution >= 0.6 is 0 Å². The van der Waals surface area contributed by atoms with Crippen molar-refractivity contribution < 1.29 is 27.5 Å². The summed E-state index contributed by atoms with van der Waals surface area (Å²) in [6, 6.07) is 0. The largest absolute Gasteiger partial charge is 0.462 e. The number of hydrogen-bond acceptors (Lipinski definition) is 3. The minimum absolute atomic E-state index is 0.0107. The van der Waals surface area contributed by atoms with E-state index in [2.05, 4.69) is 0 Å². The zero-order valence-electron chi connectivity index (χ0n) is 12.6. The summed E-state index contributed by atoms with van der Waals surface area (Å²) in [7, 11) is 0. The van der Waals surface area contributed by atoms with Gasteiger partial charge in [-0.25, -0.2) is 0 Å². The van der Waals surface area contributed by atoms with E-state index in [9.17, 15) is 22.8 Å². The molecule has 1 aliphatic heterocycles. The van der Waals surface area contributed by atoms with Gasteiger partial charge in [-0.15, -0.1) is 0 Å². The molecule has 0 aromatic rings. The molecule has 2 fully saturated rings. The van der Waals surface area contributed by atoms with E-state index in [1.54, 1.807) is 13.0 Å². The summed E-state index contributed by atoms with van der Waals surface area (Å²) in [5.41, 5.74) is 0. The number of carbonyl (C=O) groups excluding carboxylic acids is 2.